The average molecular weight is 351 g/mol. The summed E-state index contributed by atoms with van der Waals surface area (Å²) in [7, 11) is 0. The van der Waals surface area contributed by atoms with E-state index < -0.39 is 0 Å². The van der Waals surface area contributed by atoms with Crippen LogP contribution in [-0.2, 0) is 6.42 Å². The fourth-order valence-corrected chi connectivity index (χ4v) is 2.68. The van der Waals surface area contributed by atoms with Gasteiger partial charge in [0.1, 0.15) is 5.75 Å². The van der Waals surface area contributed by atoms with Crippen molar-refractivity contribution >= 4 is 15.9 Å². The van der Waals surface area contributed by atoms with Gasteiger partial charge in [-0.05, 0) is 62.9 Å². The van der Waals surface area contributed by atoms with Gasteiger partial charge in [0, 0.05) is 10.2 Å². The van der Waals surface area contributed by atoms with E-state index in [2.05, 4.69) is 40.0 Å². The van der Waals surface area contributed by atoms with Crippen LogP contribution in [-0.4, -0.2) is 16.8 Å². The number of aryl methyl sites for hydroxylation is 2. The second-order valence-electron chi connectivity index (χ2n) is 5.38. The normalized spacial score (nSPS) is 10.8. The lowest BCUT2D eigenvalue weighted by Gasteiger charge is -2.06. The van der Waals surface area contributed by atoms with Gasteiger partial charge in [-0.2, -0.15) is 5.10 Å². The van der Waals surface area contributed by atoms with Crippen LogP contribution < -0.4 is 4.74 Å². The van der Waals surface area contributed by atoms with Crippen molar-refractivity contribution in [3.8, 4) is 5.75 Å². The van der Waals surface area contributed by atoms with Crippen LogP contribution in [0.25, 0.3) is 0 Å². The van der Waals surface area contributed by atoms with Crippen LogP contribution in [0.3, 0.4) is 0 Å². The Morgan fingerprint density at radius 1 is 1.05 bits per heavy atom. The Hall–Kier alpha value is -1.29. The van der Waals surface area contributed by atoms with E-state index in [0.717, 1.165) is 35.4 Å². The van der Waals surface area contributed by atoms with Gasteiger partial charge < -0.3 is 4.74 Å². The molecule has 1 aromatic carbocycles. The Morgan fingerprint density at radius 3 is 2.43 bits per heavy atom. The molecule has 1 aromatic heterocycles. The van der Waals surface area contributed by atoms with Crippen molar-refractivity contribution in [1.29, 1.82) is 0 Å². The Labute approximate surface area is 135 Å². The summed E-state index contributed by atoms with van der Waals surface area (Å²) in [6.07, 6.45) is 5.92. The van der Waals surface area contributed by atoms with Crippen molar-refractivity contribution in [2.75, 3.05) is 6.61 Å². The summed E-state index contributed by atoms with van der Waals surface area (Å²) < 4.78 is 6.80. The SMILES string of the molecule is Cc1n[nH]c(C)c1CCCCCCOc1ccc(Br)cc1. The molecule has 21 heavy (non-hydrogen) atoms. The molecule has 0 radical (unpaired) electrons. The van der Waals surface area contributed by atoms with Crippen LogP contribution in [0.1, 0.15) is 42.6 Å². The number of benzene rings is 1. The summed E-state index contributed by atoms with van der Waals surface area (Å²) >= 11 is 3.42. The molecule has 0 amide bonds. The number of hydrogen-bond acceptors (Lipinski definition) is 2. The maximum absolute atomic E-state index is 5.72. The standard InChI is InChI=1S/C17H23BrN2O/c1-13-17(14(2)20-19-13)7-5-3-4-6-12-21-16-10-8-15(18)9-11-16/h8-11H,3-7,12H2,1-2H3,(H,19,20). The summed E-state index contributed by atoms with van der Waals surface area (Å²) in [4.78, 5) is 0. The van der Waals surface area contributed by atoms with Crippen molar-refractivity contribution in [2.45, 2.75) is 46.0 Å². The number of halogens is 1. The second-order valence-corrected chi connectivity index (χ2v) is 6.29. The molecule has 0 atom stereocenters. The van der Waals surface area contributed by atoms with E-state index in [1.165, 1.54) is 30.5 Å². The van der Waals surface area contributed by atoms with Crippen molar-refractivity contribution < 1.29 is 4.74 Å². The lowest BCUT2D eigenvalue weighted by molar-refractivity contribution is 0.304. The fraction of sp³-hybridized carbons (Fsp3) is 0.471. The largest absolute Gasteiger partial charge is 0.494 e. The summed E-state index contributed by atoms with van der Waals surface area (Å²) in [5.41, 5.74) is 3.75. The van der Waals surface area contributed by atoms with Crippen molar-refractivity contribution in [3.05, 3.63) is 45.7 Å². The minimum Gasteiger partial charge on any atom is -0.494 e. The number of aromatic amines is 1. The van der Waals surface area contributed by atoms with Crippen LogP contribution in [0.15, 0.2) is 28.7 Å². The molecule has 0 aliphatic heterocycles. The third-order valence-corrected chi connectivity index (χ3v) is 4.21. The zero-order chi connectivity index (χ0) is 15.1. The lowest BCUT2D eigenvalue weighted by atomic mass is 10.0. The van der Waals surface area contributed by atoms with Crippen LogP contribution >= 0.6 is 15.9 Å². The van der Waals surface area contributed by atoms with Gasteiger partial charge in [0.25, 0.3) is 0 Å². The van der Waals surface area contributed by atoms with Gasteiger partial charge in [0.2, 0.25) is 0 Å². The van der Waals surface area contributed by atoms with Crippen LogP contribution in [0.5, 0.6) is 5.75 Å². The quantitative estimate of drug-likeness (QED) is 0.682. The van der Waals surface area contributed by atoms with Crippen LogP contribution in [0.4, 0.5) is 0 Å². The molecule has 2 aromatic rings. The van der Waals surface area contributed by atoms with E-state index in [0.29, 0.717) is 0 Å². The van der Waals surface area contributed by atoms with Crippen molar-refractivity contribution in [1.82, 2.24) is 10.2 Å². The highest BCUT2D eigenvalue weighted by Gasteiger charge is 2.05. The number of unbranched alkanes of at least 4 members (excludes halogenated alkanes) is 3. The Bertz CT molecular complexity index is 529. The Morgan fingerprint density at radius 2 is 1.76 bits per heavy atom. The number of rotatable bonds is 8. The van der Waals surface area contributed by atoms with Gasteiger partial charge >= 0.3 is 0 Å². The molecule has 1 N–H and O–H groups in total. The highest BCUT2D eigenvalue weighted by atomic mass is 79.9. The zero-order valence-corrected chi connectivity index (χ0v) is 14.4. The van der Waals surface area contributed by atoms with Crippen LogP contribution in [0.2, 0.25) is 0 Å². The first-order valence-corrected chi connectivity index (χ1v) is 8.35. The van der Waals surface area contributed by atoms with Gasteiger partial charge in [-0.3, -0.25) is 5.10 Å². The minimum absolute atomic E-state index is 0.797. The maximum Gasteiger partial charge on any atom is 0.119 e. The van der Waals surface area contributed by atoms with E-state index in [1.807, 2.05) is 24.3 Å². The predicted molar refractivity (Wildman–Crippen MR) is 89.9 cm³/mol. The maximum atomic E-state index is 5.72. The topological polar surface area (TPSA) is 37.9 Å². The van der Waals surface area contributed by atoms with E-state index in [-0.39, 0.29) is 0 Å². The third kappa shape index (κ3) is 5.20. The van der Waals surface area contributed by atoms with Gasteiger partial charge in [-0.15, -0.1) is 0 Å². The Kier molecular flexibility index (Phi) is 6.30. The predicted octanol–water partition coefficient (Wildman–Crippen LogP) is 4.97. The highest BCUT2D eigenvalue weighted by molar-refractivity contribution is 9.10. The van der Waals surface area contributed by atoms with Gasteiger partial charge in [0.15, 0.2) is 0 Å². The molecule has 114 valence electrons. The molecule has 0 aliphatic rings. The van der Waals surface area contributed by atoms with E-state index in [9.17, 15) is 0 Å². The number of hydrogen-bond donors (Lipinski definition) is 1. The second kappa shape index (κ2) is 8.23. The molecule has 0 spiro atoms. The molecule has 0 aliphatic carbocycles. The van der Waals surface area contributed by atoms with Gasteiger partial charge in [-0.1, -0.05) is 28.8 Å². The first-order chi connectivity index (χ1) is 10.2. The lowest BCUT2D eigenvalue weighted by Crippen LogP contribution is -1.97. The number of aromatic nitrogens is 2. The monoisotopic (exact) mass is 350 g/mol. The molecular weight excluding hydrogens is 328 g/mol. The summed E-state index contributed by atoms with van der Waals surface area (Å²) in [6, 6.07) is 8.00. The molecular formula is C17H23BrN2O. The van der Waals surface area contributed by atoms with Crippen molar-refractivity contribution in [3.63, 3.8) is 0 Å². The summed E-state index contributed by atoms with van der Waals surface area (Å²) in [6.45, 7) is 4.97. The van der Waals surface area contributed by atoms with Crippen molar-refractivity contribution in [2.24, 2.45) is 0 Å². The zero-order valence-electron chi connectivity index (χ0n) is 12.8. The minimum atomic E-state index is 0.797. The molecule has 0 unspecified atom stereocenters. The van der Waals surface area contributed by atoms with Crippen LogP contribution in [0, 0.1) is 13.8 Å². The first-order valence-electron chi connectivity index (χ1n) is 7.55. The molecule has 0 saturated carbocycles. The molecule has 4 heteroatoms. The molecule has 0 fully saturated rings. The molecule has 0 saturated heterocycles. The number of ether oxygens (including phenoxy) is 1. The van der Waals surface area contributed by atoms with E-state index in [1.54, 1.807) is 0 Å². The Balaban J connectivity index is 1.55. The van der Waals surface area contributed by atoms with E-state index >= 15 is 0 Å². The van der Waals surface area contributed by atoms with E-state index in [4.69, 9.17) is 4.74 Å². The number of nitrogens with one attached hydrogen (secondary N) is 1. The van der Waals surface area contributed by atoms with Gasteiger partial charge in [0.05, 0.1) is 12.3 Å². The fourth-order valence-electron chi connectivity index (χ4n) is 2.42. The highest BCUT2D eigenvalue weighted by Crippen LogP contribution is 2.17. The number of H-pyrrole nitrogens is 1. The third-order valence-electron chi connectivity index (χ3n) is 3.68. The number of nitrogens with zero attached hydrogens (tertiary/aromatic N) is 1. The molecule has 0 bridgehead atoms. The average Bonchev–Trinajstić information content (AvgIpc) is 2.79. The molecule has 3 nitrogen and oxygen atoms in total. The summed E-state index contributed by atoms with van der Waals surface area (Å²) in [5.74, 6) is 0.947. The molecule has 1 heterocycles. The smallest absolute Gasteiger partial charge is 0.119 e. The summed E-state index contributed by atoms with van der Waals surface area (Å²) in [5, 5.41) is 7.28. The molecule has 2 rings (SSSR count). The van der Waals surface area contributed by atoms with Gasteiger partial charge in [-0.25, -0.2) is 0 Å². The first kappa shape index (κ1) is 16.1.